The normalized spacial score (nSPS) is 22.7. The van der Waals surface area contributed by atoms with Crippen molar-refractivity contribution in [2.75, 3.05) is 26.2 Å². The number of hydrogen-bond acceptors (Lipinski definition) is 3. The number of ether oxygens (including phenoxy) is 1. The maximum Gasteiger partial charge on any atom is 0.124 e. The summed E-state index contributed by atoms with van der Waals surface area (Å²) >= 11 is 0. The predicted molar refractivity (Wildman–Crippen MR) is 73.1 cm³/mol. The zero-order chi connectivity index (χ0) is 12.4. The van der Waals surface area contributed by atoms with Crippen LogP contribution in [0.15, 0.2) is 24.3 Å². The summed E-state index contributed by atoms with van der Waals surface area (Å²) in [5, 5.41) is 3.42. The fraction of sp³-hybridized carbons (Fsp3) is 0.600. The summed E-state index contributed by atoms with van der Waals surface area (Å²) in [6.07, 6.45) is 2.97. The van der Waals surface area contributed by atoms with Crippen molar-refractivity contribution < 1.29 is 4.74 Å². The van der Waals surface area contributed by atoms with Gasteiger partial charge in [0, 0.05) is 19.1 Å². The van der Waals surface area contributed by atoms with Crippen molar-refractivity contribution >= 4 is 0 Å². The van der Waals surface area contributed by atoms with Gasteiger partial charge in [0.25, 0.3) is 0 Å². The molecule has 2 aliphatic heterocycles. The van der Waals surface area contributed by atoms with Gasteiger partial charge in [-0.2, -0.15) is 0 Å². The fourth-order valence-corrected chi connectivity index (χ4v) is 2.82. The second-order valence-corrected chi connectivity index (χ2v) is 5.49. The van der Waals surface area contributed by atoms with Gasteiger partial charge < -0.3 is 10.1 Å². The molecule has 2 aliphatic rings. The molecule has 0 saturated carbocycles. The van der Waals surface area contributed by atoms with E-state index in [1.165, 1.54) is 31.5 Å². The van der Waals surface area contributed by atoms with Crippen molar-refractivity contribution in [1.29, 1.82) is 0 Å². The van der Waals surface area contributed by atoms with E-state index >= 15 is 0 Å². The van der Waals surface area contributed by atoms with Crippen molar-refractivity contribution in [3.8, 4) is 5.75 Å². The Balaban J connectivity index is 1.46. The van der Waals surface area contributed by atoms with Gasteiger partial charge >= 0.3 is 0 Å². The second-order valence-electron chi connectivity index (χ2n) is 5.49. The van der Waals surface area contributed by atoms with Crippen LogP contribution in [0.4, 0.5) is 0 Å². The molecule has 0 aromatic heterocycles. The molecule has 1 aromatic carbocycles. The average molecular weight is 246 g/mol. The SMILES string of the molecule is Cc1ccc(OC2CN(C3CCNCC3)C2)cc1. The van der Waals surface area contributed by atoms with Gasteiger partial charge in [-0.3, -0.25) is 4.90 Å². The molecule has 0 spiro atoms. The maximum absolute atomic E-state index is 5.97. The van der Waals surface area contributed by atoms with E-state index in [0.29, 0.717) is 6.10 Å². The van der Waals surface area contributed by atoms with Crippen molar-refractivity contribution in [1.82, 2.24) is 10.2 Å². The highest BCUT2D eigenvalue weighted by molar-refractivity contribution is 5.26. The highest BCUT2D eigenvalue weighted by Gasteiger charge is 2.34. The predicted octanol–water partition coefficient (Wildman–Crippen LogP) is 1.81. The van der Waals surface area contributed by atoms with Crippen LogP contribution in [0.1, 0.15) is 18.4 Å². The first kappa shape index (κ1) is 12.0. The number of likely N-dealkylation sites (tertiary alicyclic amines) is 1. The van der Waals surface area contributed by atoms with E-state index in [4.69, 9.17) is 4.74 Å². The molecule has 2 heterocycles. The molecule has 2 fully saturated rings. The molecule has 0 radical (unpaired) electrons. The van der Waals surface area contributed by atoms with Gasteiger partial charge in [-0.05, 0) is 45.0 Å². The van der Waals surface area contributed by atoms with Crippen LogP contribution in [0.25, 0.3) is 0 Å². The van der Waals surface area contributed by atoms with Gasteiger partial charge in [0.1, 0.15) is 11.9 Å². The summed E-state index contributed by atoms with van der Waals surface area (Å²) in [4.78, 5) is 2.57. The molecular weight excluding hydrogens is 224 g/mol. The lowest BCUT2D eigenvalue weighted by atomic mass is 10.00. The largest absolute Gasteiger partial charge is 0.488 e. The summed E-state index contributed by atoms with van der Waals surface area (Å²) < 4.78 is 5.97. The lowest BCUT2D eigenvalue weighted by Gasteiger charge is -2.45. The molecule has 0 amide bonds. The van der Waals surface area contributed by atoms with E-state index in [-0.39, 0.29) is 0 Å². The zero-order valence-corrected chi connectivity index (χ0v) is 11.1. The highest BCUT2D eigenvalue weighted by Crippen LogP contribution is 2.23. The van der Waals surface area contributed by atoms with Gasteiger partial charge in [-0.1, -0.05) is 17.7 Å². The van der Waals surface area contributed by atoms with Crippen LogP contribution in [0, 0.1) is 6.92 Å². The number of benzene rings is 1. The van der Waals surface area contributed by atoms with Crippen molar-refractivity contribution in [3.63, 3.8) is 0 Å². The summed E-state index contributed by atoms with van der Waals surface area (Å²) in [5.41, 5.74) is 1.28. The molecular formula is C15H22N2O. The smallest absolute Gasteiger partial charge is 0.124 e. The summed E-state index contributed by atoms with van der Waals surface area (Å²) in [6.45, 7) is 6.64. The van der Waals surface area contributed by atoms with Crippen molar-refractivity contribution in [3.05, 3.63) is 29.8 Å². The number of nitrogens with one attached hydrogen (secondary N) is 1. The lowest BCUT2D eigenvalue weighted by molar-refractivity contribution is -0.0169. The van der Waals surface area contributed by atoms with E-state index in [2.05, 4.69) is 41.4 Å². The Morgan fingerprint density at radius 1 is 1.11 bits per heavy atom. The third-order valence-corrected chi connectivity index (χ3v) is 4.03. The Bertz CT molecular complexity index is 378. The molecule has 3 heteroatoms. The molecule has 0 atom stereocenters. The maximum atomic E-state index is 5.97. The van der Waals surface area contributed by atoms with E-state index in [1.54, 1.807) is 0 Å². The Morgan fingerprint density at radius 2 is 1.78 bits per heavy atom. The van der Waals surface area contributed by atoms with Crippen molar-refractivity contribution in [2.24, 2.45) is 0 Å². The minimum atomic E-state index is 0.391. The number of rotatable bonds is 3. The first-order valence-corrected chi connectivity index (χ1v) is 6.99. The quantitative estimate of drug-likeness (QED) is 0.880. The summed E-state index contributed by atoms with van der Waals surface area (Å²) in [6, 6.07) is 9.14. The second kappa shape index (κ2) is 5.29. The van der Waals surface area contributed by atoms with Crippen LogP contribution in [0.5, 0.6) is 5.75 Å². The Hall–Kier alpha value is -1.06. The van der Waals surface area contributed by atoms with Crippen LogP contribution in [0.2, 0.25) is 0 Å². The first-order chi connectivity index (χ1) is 8.81. The van der Waals surface area contributed by atoms with Crippen LogP contribution in [-0.2, 0) is 0 Å². The first-order valence-electron chi connectivity index (χ1n) is 6.99. The molecule has 0 bridgehead atoms. The molecule has 2 saturated heterocycles. The molecule has 18 heavy (non-hydrogen) atoms. The van der Waals surface area contributed by atoms with E-state index < -0.39 is 0 Å². The molecule has 1 aromatic rings. The molecule has 1 N–H and O–H groups in total. The molecule has 0 aliphatic carbocycles. The lowest BCUT2D eigenvalue weighted by Crippen LogP contribution is -2.59. The summed E-state index contributed by atoms with van der Waals surface area (Å²) in [7, 11) is 0. The van der Waals surface area contributed by atoms with Crippen LogP contribution in [-0.4, -0.2) is 43.2 Å². The number of hydrogen-bond donors (Lipinski definition) is 1. The van der Waals surface area contributed by atoms with Crippen LogP contribution >= 0.6 is 0 Å². The van der Waals surface area contributed by atoms with Crippen LogP contribution in [0.3, 0.4) is 0 Å². The Morgan fingerprint density at radius 3 is 2.44 bits per heavy atom. The minimum absolute atomic E-state index is 0.391. The van der Waals surface area contributed by atoms with Crippen molar-refractivity contribution in [2.45, 2.75) is 31.9 Å². The Labute approximate surface area is 109 Å². The molecule has 0 unspecified atom stereocenters. The average Bonchev–Trinajstić information content (AvgIpc) is 2.36. The van der Waals surface area contributed by atoms with Gasteiger partial charge in [0.05, 0.1) is 0 Å². The van der Waals surface area contributed by atoms with Gasteiger partial charge in [0.2, 0.25) is 0 Å². The Kier molecular flexibility index (Phi) is 3.52. The van der Waals surface area contributed by atoms with Gasteiger partial charge in [-0.25, -0.2) is 0 Å². The third-order valence-electron chi connectivity index (χ3n) is 4.03. The van der Waals surface area contributed by atoms with E-state index in [1.807, 2.05) is 0 Å². The topological polar surface area (TPSA) is 24.5 Å². The fourth-order valence-electron chi connectivity index (χ4n) is 2.82. The molecule has 3 nitrogen and oxygen atoms in total. The van der Waals surface area contributed by atoms with Gasteiger partial charge in [-0.15, -0.1) is 0 Å². The molecule has 98 valence electrons. The van der Waals surface area contributed by atoms with Gasteiger partial charge in [0.15, 0.2) is 0 Å². The molecule has 3 rings (SSSR count). The standard InChI is InChI=1S/C15H22N2O/c1-12-2-4-14(5-3-12)18-15-10-17(11-15)13-6-8-16-9-7-13/h2-5,13,15-16H,6-11H2,1H3. The number of piperidine rings is 1. The number of aryl methyl sites for hydroxylation is 1. The third kappa shape index (κ3) is 2.68. The minimum Gasteiger partial charge on any atom is -0.488 e. The van der Waals surface area contributed by atoms with E-state index in [0.717, 1.165) is 24.9 Å². The summed E-state index contributed by atoms with van der Waals surface area (Å²) in [5.74, 6) is 1.01. The van der Waals surface area contributed by atoms with E-state index in [9.17, 15) is 0 Å². The van der Waals surface area contributed by atoms with Crippen LogP contribution < -0.4 is 10.1 Å². The highest BCUT2D eigenvalue weighted by atomic mass is 16.5. The monoisotopic (exact) mass is 246 g/mol. The number of nitrogens with zero attached hydrogens (tertiary/aromatic N) is 1. The zero-order valence-electron chi connectivity index (χ0n) is 11.1.